The van der Waals surface area contributed by atoms with Gasteiger partial charge in [0.15, 0.2) is 0 Å². The Balaban J connectivity index is 1.56. The fraction of sp³-hybridized carbons (Fsp3) is 0.318. The van der Waals surface area contributed by atoms with Crippen LogP contribution in [-0.2, 0) is 17.6 Å². The molecule has 2 amide bonds. The first-order valence-corrected chi connectivity index (χ1v) is 9.30. The summed E-state index contributed by atoms with van der Waals surface area (Å²) in [6.07, 6.45) is 3.23. The van der Waals surface area contributed by atoms with Crippen molar-refractivity contribution in [3.8, 4) is 6.07 Å². The van der Waals surface area contributed by atoms with Gasteiger partial charge in [0.25, 0.3) is 5.91 Å². The number of piperazine rings is 1. The average molecular weight is 359 g/mol. The Labute approximate surface area is 158 Å². The van der Waals surface area contributed by atoms with E-state index in [2.05, 4.69) is 6.07 Å². The topological polar surface area (TPSA) is 64.4 Å². The molecule has 5 nitrogen and oxygen atoms in total. The highest BCUT2D eigenvalue weighted by atomic mass is 16.2. The first-order valence-electron chi connectivity index (χ1n) is 9.30. The Hall–Kier alpha value is -3.13. The Kier molecular flexibility index (Phi) is 4.41. The van der Waals surface area contributed by atoms with Gasteiger partial charge in [-0.3, -0.25) is 9.59 Å². The second-order valence-corrected chi connectivity index (χ2v) is 7.25. The molecule has 27 heavy (non-hydrogen) atoms. The van der Waals surface area contributed by atoms with Crippen molar-refractivity contribution in [1.82, 2.24) is 4.90 Å². The number of amides is 2. The summed E-state index contributed by atoms with van der Waals surface area (Å²) >= 11 is 0. The zero-order chi connectivity index (χ0) is 19.0. The summed E-state index contributed by atoms with van der Waals surface area (Å²) in [5, 5.41) is 9.31. The number of carbonyl (C=O) groups is 2. The molecule has 4 rings (SSSR count). The predicted molar refractivity (Wildman–Crippen MR) is 102 cm³/mol. The Morgan fingerprint density at radius 1 is 1.15 bits per heavy atom. The van der Waals surface area contributed by atoms with Crippen LogP contribution in [0, 0.1) is 11.3 Å². The molecule has 5 heteroatoms. The maximum Gasteiger partial charge on any atom is 0.254 e. The number of hydrogen-bond acceptors (Lipinski definition) is 3. The maximum atomic E-state index is 13.0. The molecule has 0 radical (unpaired) electrons. The van der Waals surface area contributed by atoms with Crippen LogP contribution in [0.2, 0.25) is 0 Å². The fourth-order valence-corrected chi connectivity index (χ4v) is 4.03. The minimum absolute atomic E-state index is 0.0247. The summed E-state index contributed by atoms with van der Waals surface area (Å²) < 4.78 is 0. The second kappa shape index (κ2) is 6.88. The van der Waals surface area contributed by atoms with E-state index in [0.717, 1.165) is 19.3 Å². The molecular weight excluding hydrogens is 338 g/mol. The van der Waals surface area contributed by atoms with E-state index in [1.165, 1.54) is 11.1 Å². The molecule has 0 bridgehead atoms. The van der Waals surface area contributed by atoms with Crippen LogP contribution in [0.5, 0.6) is 0 Å². The highest BCUT2D eigenvalue weighted by Gasteiger charge is 2.34. The molecule has 0 saturated carbocycles. The van der Waals surface area contributed by atoms with E-state index in [0.29, 0.717) is 23.4 Å². The number of aryl methyl sites for hydroxylation is 2. The van der Waals surface area contributed by atoms with Crippen molar-refractivity contribution >= 4 is 17.5 Å². The molecule has 0 spiro atoms. The fourth-order valence-electron chi connectivity index (χ4n) is 4.03. The lowest BCUT2D eigenvalue weighted by atomic mass is 10.0. The molecule has 0 unspecified atom stereocenters. The summed E-state index contributed by atoms with van der Waals surface area (Å²) in [7, 11) is 0. The van der Waals surface area contributed by atoms with E-state index < -0.39 is 0 Å². The van der Waals surface area contributed by atoms with E-state index in [4.69, 9.17) is 0 Å². The van der Waals surface area contributed by atoms with Crippen molar-refractivity contribution in [2.24, 2.45) is 0 Å². The van der Waals surface area contributed by atoms with Crippen LogP contribution in [0.4, 0.5) is 5.69 Å². The van der Waals surface area contributed by atoms with Gasteiger partial charge >= 0.3 is 0 Å². The molecule has 1 heterocycles. The van der Waals surface area contributed by atoms with Gasteiger partial charge in [-0.25, -0.2) is 0 Å². The highest BCUT2D eigenvalue weighted by molar-refractivity contribution is 6.02. The van der Waals surface area contributed by atoms with Gasteiger partial charge in [0.2, 0.25) is 5.91 Å². The molecule has 1 aliphatic heterocycles. The van der Waals surface area contributed by atoms with Gasteiger partial charge in [-0.15, -0.1) is 0 Å². The van der Waals surface area contributed by atoms with E-state index in [9.17, 15) is 14.9 Å². The molecule has 1 aliphatic carbocycles. The number of anilines is 1. The molecule has 2 aliphatic rings. The number of rotatable bonds is 2. The van der Waals surface area contributed by atoms with Gasteiger partial charge < -0.3 is 9.80 Å². The van der Waals surface area contributed by atoms with Gasteiger partial charge in [0.05, 0.1) is 11.3 Å². The van der Waals surface area contributed by atoms with Gasteiger partial charge in [0.1, 0.15) is 12.6 Å². The van der Waals surface area contributed by atoms with Crippen molar-refractivity contribution in [3.63, 3.8) is 0 Å². The summed E-state index contributed by atoms with van der Waals surface area (Å²) in [5.74, 6) is -0.260. The van der Waals surface area contributed by atoms with Crippen LogP contribution >= 0.6 is 0 Å². The van der Waals surface area contributed by atoms with Crippen LogP contribution in [0.1, 0.15) is 40.4 Å². The smallest absolute Gasteiger partial charge is 0.254 e. The third-order valence-electron chi connectivity index (χ3n) is 5.51. The highest BCUT2D eigenvalue weighted by Crippen LogP contribution is 2.26. The zero-order valence-electron chi connectivity index (χ0n) is 15.3. The largest absolute Gasteiger partial charge is 0.325 e. The molecule has 1 saturated heterocycles. The van der Waals surface area contributed by atoms with Crippen LogP contribution in [0.3, 0.4) is 0 Å². The molecule has 0 N–H and O–H groups in total. The number of nitrogens with zero attached hydrogens (tertiary/aromatic N) is 3. The summed E-state index contributed by atoms with van der Waals surface area (Å²) in [4.78, 5) is 29.1. The van der Waals surface area contributed by atoms with Crippen molar-refractivity contribution in [2.45, 2.75) is 32.2 Å². The van der Waals surface area contributed by atoms with Crippen LogP contribution < -0.4 is 4.90 Å². The Bertz CT molecular complexity index is 960. The molecule has 2 aromatic carbocycles. The van der Waals surface area contributed by atoms with E-state index in [1.54, 1.807) is 28.0 Å². The van der Waals surface area contributed by atoms with Gasteiger partial charge in [0, 0.05) is 18.2 Å². The molecule has 2 aromatic rings. The number of para-hydroxylation sites is 1. The summed E-state index contributed by atoms with van der Waals surface area (Å²) in [6, 6.07) is 15.0. The SMILES string of the molecule is C[C@H]1CN(c2ccccc2C#N)C(=O)CN1C(=O)c1ccc2c(c1)CCC2. The van der Waals surface area contributed by atoms with E-state index in [1.807, 2.05) is 31.2 Å². The first kappa shape index (κ1) is 17.3. The van der Waals surface area contributed by atoms with Gasteiger partial charge in [-0.2, -0.15) is 5.26 Å². The molecule has 136 valence electrons. The minimum atomic E-state index is -0.162. The summed E-state index contributed by atoms with van der Waals surface area (Å²) in [5.41, 5.74) is 4.31. The number of benzene rings is 2. The summed E-state index contributed by atoms with van der Waals surface area (Å²) in [6.45, 7) is 2.35. The average Bonchev–Trinajstić information content (AvgIpc) is 3.16. The van der Waals surface area contributed by atoms with Gasteiger partial charge in [-0.05, 0) is 61.6 Å². The van der Waals surface area contributed by atoms with E-state index >= 15 is 0 Å². The predicted octanol–water partition coefficient (Wildman–Crippen LogP) is 2.92. The van der Waals surface area contributed by atoms with Crippen molar-refractivity contribution in [3.05, 3.63) is 64.7 Å². The van der Waals surface area contributed by atoms with Crippen LogP contribution in [-0.4, -0.2) is 35.8 Å². The quantitative estimate of drug-likeness (QED) is 0.828. The number of hydrogen-bond donors (Lipinski definition) is 0. The zero-order valence-corrected chi connectivity index (χ0v) is 15.3. The van der Waals surface area contributed by atoms with Gasteiger partial charge in [-0.1, -0.05) is 18.2 Å². The second-order valence-electron chi connectivity index (χ2n) is 7.25. The number of fused-ring (bicyclic) bond motifs is 1. The van der Waals surface area contributed by atoms with Crippen molar-refractivity contribution < 1.29 is 9.59 Å². The lowest BCUT2D eigenvalue weighted by molar-refractivity contribution is -0.121. The monoisotopic (exact) mass is 359 g/mol. The first-order chi connectivity index (χ1) is 13.1. The van der Waals surface area contributed by atoms with Crippen molar-refractivity contribution in [2.75, 3.05) is 18.0 Å². The lowest BCUT2D eigenvalue weighted by Crippen LogP contribution is -2.57. The molecular formula is C22H21N3O2. The minimum Gasteiger partial charge on any atom is -0.325 e. The Morgan fingerprint density at radius 3 is 2.74 bits per heavy atom. The lowest BCUT2D eigenvalue weighted by Gasteiger charge is -2.39. The normalized spacial score (nSPS) is 19.0. The molecule has 1 fully saturated rings. The Morgan fingerprint density at radius 2 is 1.93 bits per heavy atom. The van der Waals surface area contributed by atoms with Crippen LogP contribution in [0.15, 0.2) is 42.5 Å². The molecule has 1 atom stereocenters. The third-order valence-corrected chi connectivity index (χ3v) is 5.51. The standard InChI is InChI=1S/C22H21N3O2/c1-15-13-25(20-8-3-2-5-19(20)12-23)21(26)14-24(15)22(27)18-10-9-16-6-4-7-17(16)11-18/h2-3,5,8-11,15H,4,6-7,13-14H2,1H3/t15-/m0/s1. The van der Waals surface area contributed by atoms with Crippen molar-refractivity contribution in [1.29, 1.82) is 5.26 Å². The van der Waals surface area contributed by atoms with E-state index in [-0.39, 0.29) is 24.4 Å². The number of nitriles is 1. The van der Waals surface area contributed by atoms with Crippen LogP contribution in [0.25, 0.3) is 0 Å². The molecule has 0 aromatic heterocycles. The third kappa shape index (κ3) is 3.08. The maximum absolute atomic E-state index is 13.0. The number of carbonyl (C=O) groups excluding carboxylic acids is 2.